The Kier molecular flexibility index (Phi) is 6.58. The lowest BCUT2D eigenvalue weighted by atomic mass is 10.1. The molecule has 0 N–H and O–H groups in total. The molecule has 4 aromatic rings. The topological polar surface area (TPSA) is 95.8 Å². The predicted molar refractivity (Wildman–Crippen MR) is 119 cm³/mol. The highest BCUT2D eigenvalue weighted by Gasteiger charge is 2.12. The molecule has 8 heteroatoms. The zero-order valence-corrected chi connectivity index (χ0v) is 17.7. The standard InChI is InChI=1S/C24H20N6O2/c1-17-25-23(21(29-27-17)19-11-5-3-6-12-19)31-15-9-10-16-32-24-22(30-28-18(2)26-24)20-13-7-4-8-14-20/h3-8,11-14H,15-16H2,1-2H3. The van der Waals surface area contributed by atoms with Gasteiger partial charge in [-0.25, -0.2) is 0 Å². The number of hydrogen-bond acceptors (Lipinski definition) is 8. The van der Waals surface area contributed by atoms with Crippen LogP contribution in [0.1, 0.15) is 11.6 Å². The van der Waals surface area contributed by atoms with Gasteiger partial charge in [-0.1, -0.05) is 72.5 Å². The van der Waals surface area contributed by atoms with Gasteiger partial charge in [0.05, 0.1) is 0 Å². The monoisotopic (exact) mass is 424 g/mol. The molecular formula is C24H20N6O2. The molecule has 0 atom stereocenters. The fraction of sp³-hybridized carbons (Fsp3) is 0.167. The third-order valence-corrected chi connectivity index (χ3v) is 4.30. The van der Waals surface area contributed by atoms with E-state index in [-0.39, 0.29) is 13.2 Å². The van der Waals surface area contributed by atoms with E-state index in [2.05, 4.69) is 42.2 Å². The first kappa shape index (κ1) is 20.9. The summed E-state index contributed by atoms with van der Waals surface area (Å²) in [5, 5.41) is 16.5. The van der Waals surface area contributed by atoms with E-state index in [4.69, 9.17) is 9.47 Å². The van der Waals surface area contributed by atoms with Crippen molar-refractivity contribution in [3.63, 3.8) is 0 Å². The van der Waals surface area contributed by atoms with Crippen LogP contribution < -0.4 is 9.47 Å². The van der Waals surface area contributed by atoms with E-state index in [1.165, 1.54) is 0 Å². The summed E-state index contributed by atoms with van der Waals surface area (Å²) >= 11 is 0. The predicted octanol–water partition coefficient (Wildman–Crippen LogP) is 3.47. The Bertz CT molecular complexity index is 1160. The summed E-state index contributed by atoms with van der Waals surface area (Å²) in [5.74, 6) is 7.68. The summed E-state index contributed by atoms with van der Waals surface area (Å²) in [6.07, 6.45) is 0. The van der Waals surface area contributed by atoms with Gasteiger partial charge in [0, 0.05) is 11.1 Å². The normalized spacial score (nSPS) is 10.2. The molecule has 0 fully saturated rings. The highest BCUT2D eigenvalue weighted by Crippen LogP contribution is 2.25. The van der Waals surface area contributed by atoms with Crippen molar-refractivity contribution >= 4 is 0 Å². The molecule has 0 bridgehead atoms. The number of ether oxygens (including phenoxy) is 2. The van der Waals surface area contributed by atoms with Crippen LogP contribution >= 0.6 is 0 Å². The minimum Gasteiger partial charge on any atom is -0.463 e. The summed E-state index contributed by atoms with van der Waals surface area (Å²) in [6.45, 7) is 3.79. The second kappa shape index (κ2) is 10.1. The van der Waals surface area contributed by atoms with Crippen LogP contribution in [0.2, 0.25) is 0 Å². The fourth-order valence-electron chi connectivity index (χ4n) is 2.84. The zero-order valence-electron chi connectivity index (χ0n) is 17.7. The number of rotatable bonds is 6. The van der Waals surface area contributed by atoms with Crippen molar-refractivity contribution in [1.82, 2.24) is 30.4 Å². The maximum Gasteiger partial charge on any atom is 0.245 e. The Morgan fingerprint density at radius 1 is 0.594 bits per heavy atom. The number of aryl methyl sites for hydroxylation is 2. The summed E-state index contributed by atoms with van der Waals surface area (Å²) in [6, 6.07) is 19.3. The van der Waals surface area contributed by atoms with Gasteiger partial charge in [0.25, 0.3) is 0 Å². The molecule has 0 unspecified atom stereocenters. The van der Waals surface area contributed by atoms with Crippen LogP contribution in [0.3, 0.4) is 0 Å². The van der Waals surface area contributed by atoms with Gasteiger partial charge in [0.15, 0.2) is 36.3 Å². The first-order valence-electron chi connectivity index (χ1n) is 9.95. The van der Waals surface area contributed by atoms with Gasteiger partial charge >= 0.3 is 0 Å². The largest absolute Gasteiger partial charge is 0.463 e. The molecule has 0 aliphatic heterocycles. The van der Waals surface area contributed by atoms with E-state index in [0.717, 1.165) is 11.1 Å². The third kappa shape index (κ3) is 5.21. The van der Waals surface area contributed by atoms with Gasteiger partial charge in [0.1, 0.15) is 0 Å². The van der Waals surface area contributed by atoms with Crippen LogP contribution in [0, 0.1) is 25.7 Å². The van der Waals surface area contributed by atoms with Crippen LogP contribution in [-0.4, -0.2) is 43.6 Å². The van der Waals surface area contributed by atoms with Crippen molar-refractivity contribution in [3.05, 3.63) is 72.3 Å². The van der Waals surface area contributed by atoms with Crippen molar-refractivity contribution < 1.29 is 9.47 Å². The average Bonchev–Trinajstić information content (AvgIpc) is 2.82. The summed E-state index contributed by atoms with van der Waals surface area (Å²) in [4.78, 5) is 8.70. The van der Waals surface area contributed by atoms with Crippen molar-refractivity contribution in [1.29, 1.82) is 0 Å². The Balaban J connectivity index is 1.41. The fourth-order valence-corrected chi connectivity index (χ4v) is 2.84. The second-order valence-corrected chi connectivity index (χ2v) is 6.69. The number of nitrogens with zero attached hydrogens (tertiary/aromatic N) is 6. The smallest absolute Gasteiger partial charge is 0.245 e. The molecule has 0 saturated carbocycles. The Hall–Kier alpha value is -4.38. The number of benzene rings is 2. The molecule has 0 spiro atoms. The van der Waals surface area contributed by atoms with Gasteiger partial charge in [-0.15, -0.1) is 20.4 Å². The lowest BCUT2D eigenvalue weighted by Gasteiger charge is -2.08. The highest BCUT2D eigenvalue weighted by molar-refractivity contribution is 5.64. The molecule has 158 valence electrons. The molecule has 0 aliphatic carbocycles. The van der Waals surface area contributed by atoms with Crippen LogP contribution in [0.5, 0.6) is 11.8 Å². The van der Waals surface area contributed by atoms with Crippen LogP contribution in [0.4, 0.5) is 0 Å². The first-order chi connectivity index (χ1) is 15.7. The number of aromatic nitrogens is 6. The van der Waals surface area contributed by atoms with Gasteiger partial charge in [-0.3, -0.25) is 0 Å². The Morgan fingerprint density at radius 3 is 1.41 bits per heavy atom. The van der Waals surface area contributed by atoms with E-state index in [0.29, 0.717) is 34.8 Å². The van der Waals surface area contributed by atoms with Crippen molar-refractivity contribution in [2.24, 2.45) is 0 Å². The molecule has 2 heterocycles. The van der Waals surface area contributed by atoms with E-state index in [9.17, 15) is 0 Å². The van der Waals surface area contributed by atoms with Crippen molar-refractivity contribution in [3.8, 4) is 46.1 Å². The molecule has 2 aromatic carbocycles. The second-order valence-electron chi connectivity index (χ2n) is 6.69. The molecule has 0 radical (unpaired) electrons. The van der Waals surface area contributed by atoms with Crippen LogP contribution in [0.15, 0.2) is 60.7 Å². The molecule has 4 rings (SSSR count). The summed E-state index contributed by atoms with van der Waals surface area (Å²) in [7, 11) is 0. The first-order valence-corrected chi connectivity index (χ1v) is 9.95. The van der Waals surface area contributed by atoms with E-state index in [1.807, 2.05) is 60.7 Å². The van der Waals surface area contributed by atoms with Gasteiger partial charge in [0.2, 0.25) is 11.8 Å². The molecule has 0 amide bonds. The number of hydrogen-bond donors (Lipinski definition) is 0. The van der Waals surface area contributed by atoms with Crippen molar-refractivity contribution in [2.75, 3.05) is 13.2 Å². The lowest BCUT2D eigenvalue weighted by molar-refractivity contribution is 0.345. The summed E-state index contributed by atoms with van der Waals surface area (Å²) < 4.78 is 11.5. The molecule has 32 heavy (non-hydrogen) atoms. The maximum atomic E-state index is 5.76. The molecular weight excluding hydrogens is 404 g/mol. The minimum absolute atomic E-state index is 0.133. The Labute approximate surface area is 185 Å². The van der Waals surface area contributed by atoms with Gasteiger partial charge < -0.3 is 9.47 Å². The lowest BCUT2D eigenvalue weighted by Crippen LogP contribution is -2.05. The molecule has 0 aliphatic rings. The molecule has 8 nitrogen and oxygen atoms in total. The van der Waals surface area contributed by atoms with E-state index in [1.54, 1.807) is 13.8 Å². The highest BCUT2D eigenvalue weighted by atomic mass is 16.5. The van der Waals surface area contributed by atoms with Crippen LogP contribution in [-0.2, 0) is 0 Å². The Morgan fingerprint density at radius 2 is 1.00 bits per heavy atom. The van der Waals surface area contributed by atoms with Gasteiger partial charge in [-0.05, 0) is 13.8 Å². The summed E-state index contributed by atoms with van der Waals surface area (Å²) in [5.41, 5.74) is 2.89. The minimum atomic E-state index is 0.133. The van der Waals surface area contributed by atoms with Gasteiger partial charge in [-0.2, -0.15) is 9.97 Å². The van der Waals surface area contributed by atoms with Crippen LogP contribution in [0.25, 0.3) is 22.5 Å². The third-order valence-electron chi connectivity index (χ3n) is 4.30. The maximum absolute atomic E-state index is 5.76. The van der Waals surface area contributed by atoms with E-state index < -0.39 is 0 Å². The molecule has 0 saturated heterocycles. The SMILES string of the molecule is Cc1nnc(-c2ccccc2)c(OCC#CCOc2nc(C)nnc2-c2ccccc2)n1. The zero-order chi connectivity index (χ0) is 22.2. The quantitative estimate of drug-likeness (QED) is 0.434. The average molecular weight is 424 g/mol. The van der Waals surface area contributed by atoms with Crippen molar-refractivity contribution in [2.45, 2.75) is 13.8 Å². The van der Waals surface area contributed by atoms with E-state index >= 15 is 0 Å². The molecule has 2 aromatic heterocycles.